The molecule has 12 heteroatoms. The minimum Gasteiger partial charge on any atom is -0.308 e. The zero-order chi connectivity index (χ0) is 23.4. The van der Waals surface area contributed by atoms with E-state index in [9.17, 15) is 18.0 Å². The lowest BCUT2D eigenvalue weighted by molar-refractivity contribution is -0.755. The first-order chi connectivity index (χ1) is 15.8. The number of rotatable bonds is 5. The first-order valence-corrected chi connectivity index (χ1v) is 9.83. The molecule has 0 atom stereocenters. The van der Waals surface area contributed by atoms with Crippen LogP contribution in [0.2, 0.25) is 5.15 Å². The van der Waals surface area contributed by atoms with Crippen LogP contribution in [0.3, 0.4) is 0 Å². The number of carbonyl (C=O) groups excluding carboxylic acids is 1. The van der Waals surface area contributed by atoms with Gasteiger partial charge in [-0.05, 0) is 41.1 Å². The number of urea groups is 1. The van der Waals surface area contributed by atoms with Gasteiger partial charge in [-0.15, -0.1) is 0 Å². The van der Waals surface area contributed by atoms with E-state index < -0.39 is 17.8 Å². The van der Waals surface area contributed by atoms with E-state index in [0.29, 0.717) is 10.8 Å². The van der Waals surface area contributed by atoms with Crippen molar-refractivity contribution in [2.24, 2.45) is 0 Å². The number of anilines is 2. The Morgan fingerprint density at radius 2 is 1.94 bits per heavy atom. The van der Waals surface area contributed by atoms with Crippen LogP contribution in [0, 0.1) is 0 Å². The van der Waals surface area contributed by atoms with Crippen molar-refractivity contribution in [3.8, 4) is 11.1 Å². The van der Waals surface area contributed by atoms with Gasteiger partial charge in [0.15, 0.2) is 0 Å². The van der Waals surface area contributed by atoms with Crippen molar-refractivity contribution in [3.05, 3.63) is 83.5 Å². The van der Waals surface area contributed by atoms with Crippen molar-refractivity contribution in [3.63, 3.8) is 0 Å². The van der Waals surface area contributed by atoms with Gasteiger partial charge < -0.3 is 5.32 Å². The lowest BCUT2D eigenvalue weighted by Crippen LogP contribution is -2.35. The Morgan fingerprint density at radius 1 is 1.09 bits per heavy atom. The molecule has 0 spiro atoms. The van der Waals surface area contributed by atoms with Gasteiger partial charge in [-0.1, -0.05) is 23.7 Å². The van der Waals surface area contributed by atoms with Gasteiger partial charge in [0.25, 0.3) is 6.20 Å². The number of amides is 2. The van der Waals surface area contributed by atoms with Crippen LogP contribution in [-0.2, 0) is 12.7 Å². The fourth-order valence-electron chi connectivity index (χ4n) is 2.90. The van der Waals surface area contributed by atoms with Crippen LogP contribution < -0.4 is 15.3 Å². The molecule has 4 rings (SSSR count). The summed E-state index contributed by atoms with van der Waals surface area (Å²) in [5.41, 5.74) is 1.33. The van der Waals surface area contributed by atoms with Crippen LogP contribution in [-0.4, -0.2) is 21.3 Å². The van der Waals surface area contributed by atoms with Crippen LogP contribution >= 0.6 is 11.6 Å². The average molecular weight is 476 g/mol. The molecule has 0 aliphatic heterocycles. The summed E-state index contributed by atoms with van der Waals surface area (Å²) in [7, 11) is 0. The van der Waals surface area contributed by atoms with Crippen LogP contribution in [0.1, 0.15) is 11.3 Å². The van der Waals surface area contributed by atoms with Crippen LogP contribution in [0.15, 0.2) is 71.6 Å². The highest BCUT2D eigenvalue weighted by atomic mass is 35.5. The molecule has 0 aliphatic carbocycles. The summed E-state index contributed by atoms with van der Waals surface area (Å²) in [5, 5.41) is 8.85. The molecule has 0 bridgehead atoms. The zero-order valence-electron chi connectivity index (χ0n) is 16.7. The third kappa shape index (κ3) is 5.63. The molecule has 1 aromatic carbocycles. The SMILES string of the molecule is O=C(Nc1cccc(C(F)(F)F)c1)Nc1c[n+](Cc2ccc(-c3cccnc3Cl)cn2)no1. The number of benzene rings is 1. The highest BCUT2D eigenvalue weighted by molar-refractivity contribution is 6.32. The molecule has 4 aromatic rings. The van der Waals surface area contributed by atoms with E-state index in [0.717, 1.165) is 23.3 Å². The zero-order valence-corrected chi connectivity index (χ0v) is 17.4. The van der Waals surface area contributed by atoms with Crippen LogP contribution in [0.4, 0.5) is 29.5 Å². The van der Waals surface area contributed by atoms with E-state index in [-0.39, 0.29) is 18.1 Å². The van der Waals surface area contributed by atoms with Crippen LogP contribution in [0.5, 0.6) is 0 Å². The Morgan fingerprint density at radius 3 is 2.67 bits per heavy atom. The van der Waals surface area contributed by atoms with E-state index >= 15 is 0 Å². The largest absolute Gasteiger partial charge is 0.416 e. The van der Waals surface area contributed by atoms with Crippen molar-refractivity contribution >= 4 is 29.2 Å². The van der Waals surface area contributed by atoms with Crippen molar-refractivity contribution in [1.29, 1.82) is 0 Å². The lowest BCUT2D eigenvalue weighted by atomic mass is 10.1. The summed E-state index contributed by atoms with van der Waals surface area (Å²) >= 11 is 6.10. The Bertz CT molecular complexity index is 1280. The molecule has 3 heterocycles. The molecule has 8 nitrogen and oxygen atoms in total. The normalized spacial score (nSPS) is 11.3. The molecule has 0 aliphatic rings. The number of nitrogens with zero attached hydrogens (tertiary/aromatic N) is 4. The predicted octanol–water partition coefficient (Wildman–Crippen LogP) is 4.78. The highest BCUT2D eigenvalue weighted by Gasteiger charge is 2.30. The number of nitrogens with one attached hydrogen (secondary N) is 2. The molecule has 0 saturated carbocycles. The third-order valence-electron chi connectivity index (χ3n) is 4.41. The van der Waals surface area contributed by atoms with Gasteiger partial charge >= 0.3 is 18.1 Å². The van der Waals surface area contributed by atoms with Crippen molar-refractivity contribution < 1.29 is 27.2 Å². The van der Waals surface area contributed by atoms with Gasteiger partial charge in [-0.2, -0.15) is 13.2 Å². The Hall–Kier alpha value is -3.99. The number of pyridine rings is 2. The number of halogens is 4. The number of hydrogen-bond acceptors (Lipinski definition) is 5. The average Bonchev–Trinajstić information content (AvgIpc) is 3.21. The maximum Gasteiger partial charge on any atom is 0.416 e. The standard InChI is InChI=1S/C21H14ClF3N6O2/c22-19-17(5-2-8-26-19)13-6-7-16(27-10-13)11-31-12-18(33-30-31)29-20(32)28-15-4-1-3-14(9-15)21(23,24)25/h1-10,12H,11H2,(H-,28,29,30,32)/p+1. The summed E-state index contributed by atoms with van der Waals surface area (Å²) < 4.78 is 44.8. The van der Waals surface area contributed by atoms with Crippen molar-refractivity contribution in [1.82, 2.24) is 15.2 Å². The smallest absolute Gasteiger partial charge is 0.308 e. The van der Waals surface area contributed by atoms with Gasteiger partial charge in [0.1, 0.15) is 10.8 Å². The quantitative estimate of drug-likeness (QED) is 0.320. The van der Waals surface area contributed by atoms with Crippen molar-refractivity contribution in [2.45, 2.75) is 12.7 Å². The van der Waals surface area contributed by atoms with Gasteiger partial charge in [-0.25, -0.2) is 9.78 Å². The van der Waals surface area contributed by atoms with E-state index in [1.807, 2.05) is 12.1 Å². The first-order valence-electron chi connectivity index (χ1n) is 9.45. The molecule has 0 fully saturated rings. The Labute approximate surface area is 190 Å². The number of hydrogen-bond donors (Lipinski definition) is 2. The van der Waals surface area contributed by atoms with Gasteiger partial charge in [0, 0.05) is 29.2 Å². The minimum absolute atomic E-state index is 0.00163. The second-order valence-electron chi connectivity index (χ2n) is 6.80. The predicted molar refractivity (Wildman–Crippen MR) is 112 cm³/mol. The second kappa shape index (κ2) is 9.25. The van der Waals surface area contributed by atoms with Crippen LogP contribution in [0.25, 0.3) is 11.1 Å². The summed E-state index contributed by atoms with van der Waals surface area (Å²) in [4.78, 5) is 20.5. The summed E-state index contributed by atoms with van der Waals surface area (Å²) in [6, 6.07) is 10.7. The van der Waals surface area contributed by atoms with Gasteiger partial charge in [0.05, 0.1) is 5.56 Å². The van der Waals surface area contributed by atoms with Crippen molar-refractivity contribution in [2.75, 3.05) is 10.6 Å². The fraction of sp³-hybridized carbons (Fsp3) is 0.0952. The molecule has 2 N–H and O–H groups in total. The lowest BCUT2D eigenvalue weighted by Gasteiger charge is -2.09. The highest BCUT2D eigenvalue weighted by Crippen LogP contribution is 2.30. The third-order valence-corrected chi connectivity index (χ3v) is 4.71. The molecule has 168 valence electrons. The molecular weight excluding hydrogens is 461 g/mol. The maximum atomic E-state index is 12.8. The fourth-order valence-corrected chi connectivity index (χ4v) is 3.13. The van der Waals surface area contributed by atoms with Gasteiger partial charge in [0.2, 0.25) is 11.8 Å². The first kappa shape index (κ1) is 22.2. The number of alkyl halides is 3. The number of carbonyl (C=O) groups is 1. The molecule has 0 saturated heterocycles. The molecule has 0 unspecified atom stereocenters. The second-order valence-corrected chi connectivity index (χ2v) is 7.16. The molecular formula is C21H15ClF3N6O2+. The monoisotopic (exact) mass is 475 g/mol. The van der Waals surface area contributed by atoms with Gasteiger partial charge in [-0.3, -0.25) is 14.8 Å². The molecule has 33 heavy (non-hydrogen) atoms. The summed E-state index contributed by atoms with van der Waals surface area (Å²) in [6.07, 6.45) is 0.154. The molecule has 3 aromatic heterocycles. The summed E-state index contributed by atoms with van der Waals surface area (Å²) in [6.45, 7) is 0.251. The topological polar surface area (TPSA) is 96.8 Å². The van der Waals surface area contributed by atoms with E-state index in [2.05, 4.69) is 25.9 Å². The van der Waals surface area contributed by atoms with E-state index in [4.69, 9.17) is 16.1 Å². The van der Waals surface area contributed by atoms with E-state index in [1.165, 1.54) is 23.0 Å². The molecule has 0 radical (unpaired) electrons. The molecule has 2 amide bonds. The number of aromatic nitrogens is 4. The van der Waals surface area contributed by atoms with E-state index in [1.54, 1.807) is 24.5 Å². The maximum absolute atomic E-state index is 12.8. The Balaban J connectivity index is 1.36. The minimum atomic E-state index is -4.51. The summed E-state index contributed by atoms with van der Waals surface area (Å²) in [5.74, 6) is -0.00163. The Kier molecular flexibility index (Phi) is 6.22.